The minimum absolute atomic E-state index is 0.0530. The minimum Gasteiger partial charge on any atom is -0.444 e. The molecule has 0 unspecified atom stereocenters. The largest absolute Gasteiger partial charge is 0.444 e. The van der Waals surface area contributed by atoms with Crippen molar-refractivity contribution < 1.29 is 18.3 Å². The number of amides is 1. The second-order valence-electron chi connectivity index (χ2n) is 3.93. The Morgan fingerprint density at radius 3 is 2.55 bits per heavy atom. The van der Waals surface area contributed by atoms with Crippen molar-refractivity contribution in [2.75, 3.05) is 5.32 Å². The van der Waals surface area contributed by atoms with E-state index in [0.717, 1.165) is 11.6 Å². The number of carbonyl (C=O) groups is 1. The van der Waals surface area contributed by atoms with E-state index >= 15 is 0 Å². The molecule has 2 aromatic rings. The van der Waals surface area contributed by atoms with Gasteiger partial charge in [0, 0.05) is 6.07 Å². The highest BCUT2D eigenvalue weighted by Crippen LogP contribution is 2.23. The zero-order chi connectivity index (χ0) is 14.5. The number of hydrogen-bond donors (Lipinski definition) is 1. The number of hydrogen-bond acceptors (Lipinski definition) is 2. The maximum Gasteiger partial charge on any atom is 0.412 e. The summed E-state index contributed by atoms with van der Waals surface area (Å²) in [4.78, 5) is 11.5. The number of nitrogens with one attached hydrogen (secondary N) is 1. The number of ether oxygens (including phenoxy) is 1. The molecule has 1 N–H and O–H groups in total. The molecular weight excluding hydrogens is 332 g/mol. The van der Waals surface area contributed by atoms with Crippen molar-refractivity contribution in [2.24, 2.45) is 0 Å². The molecule has 2 rings (SSSR count). The van der Waals surface area contributed by atoms with Crippen molar-refractivity contribution in [3.8, 4) is 0 Å². The molecule has 0 radical (unpaired) electrons. The Balaban J connectivity index is 1.97. The predicted octanol–water partition coefficient (Wildman–Crippen LogP) is 4.48. The Morgan fingerprint density at radius 2 is 1.85 bits per heavy atom. The summed E-state index contributed by atoms with van der Waals surface area (Å²) in [6.07, 6.45) is -0.814. The van der Waals surface area contributed by atoms with Crippen LogP contribution in [0.15, 0.2) is 46.9 Å². The summed E-state index contributed by atoms with van der Waals surface area (Å²) in [5, 5.41) is 2.22. The van der Waals surface area contributed by atoms with Gasteiger partial charge >= 0.3 is 6.09 Å². The van der Waals surface area contributed by atoms with Crippen LogP contribution in [0.2, 0.25) is 0 Å². The number of anilines is 1. The van der Waals surface area contributed by atoms with Crippen LogP contribution in [0, 0.1) is 11.6 Å². The third-order valence-corrected chi connectivity index (χ3v) is 3.07. The van der Waals surface area contributed by atoms with Crippen LogP contribution in [0.1, 0.15) is 5.56 Å². The number of benzene rings is 2. The zero-order valence-corrected chi connectivity index (χ0v) is 11.8. The van der Waals surface area contributed by atoms with Crippen LogP contribution >= 0.6 is 15.9 Å². The van der Waals surface area contributed by atoms with Crippen molar-refractivity contribution >= 4 is 27.7 Å². The number of halogens is 3. The van der Waals surface area contributed by atoms with Gasteiger partial charge in [-0.25, -0.2) is 13.6 Å². The van der Waals surface area contributed by atoms with E-state index in [1.54, 1.807) is 12.1 Å². The number of rotatable bonds is 3. The second-order valence-corrected chi connectivity index (χ2v) is 4.79. The molecule has 0 aliphatic carbocycles. The molecule has 0 atom stereocenters. The summed E-state index contributed by atoms with van der Waals surface area (Å²) in [6, 6.07) is 10.9. The average Bonchev–Trinajstić information content (AvgIpc) is 2.44. The van der Waals surface area contributed by atoms with Crippen LogP contribution in [0.4, 0.5) is 19.3 Å². The van der Waals surface area contributed by atoms with Crippen LogP contribution in [0.25, 0.3) is 0 Å². The van der Waals surface area contributed by atoms with Gasteiger partial charge in [0.05, 0.1) is 10.2 Å². The van der Waals surface area contributed by atoms with E-state index < -0.39 is 17.7 Å². The van der Waals surface area contributed by atoms with Gasteiger partial charge in [-0.05, 0) is 27.6 Å². The van der Waals surface area contributed by atoms with Gasteiger partial charge < -0.3 is 4.74 Å². The van der Waals surface area contributed by atoms with Crippen molar-refractivity contribution in [1.82, 2.24) is 0 Å². The lowest BCUT2D eigenvalue weighted by molar-refractivity contribution is 0.155. The Labute approximate surface area is 122 Å². The predicted molar refractivity (Wildman–Crippen MR) is 74.3 cm³/mol. The van der Waals surface area contributed by atoms with Crippen molar-refractivity contribution in [1.29, 1.82) is 0 Å². The molecule has 0 saturated carbocycles. The maximum atomic E-state index is 13.4. The second kappa shape index (κ2) is 6.47. The Kier molecular flexibility index (Phi) is 4.68. The first-order valence-electron chi connectivity index (χ1n) is 5.68. The molecule has 0 aromatic heterocycles. The maximum absolute atomic E-state index is 13.4. The topological polar surface area (TPSA) is 38.3 Å². The van der Waals surface area contributed by atoms with Gasteiger partial charge in [0.15, 0.2) is 0 Å². The van der Waals surface area contributed by atoms with Crippen molar-refractivity contribution in [3.63, 3.8) is 0 Å². The van der Waals surface area contributed by atoms with Crippen LogP contribution in [0.3, 0.4) is 0 Å². The first kappa shape index (κ1) is 14.5. The zero-order valence-electron chi connectivity index (χ0n) is 10.2. The molecule has 104 valence electrons. The van der Waals surface area contributed by atoms with Crippen molar-refractivity contribution in [2.45, 2.75) is 6.61 Å². The molecule has 0 aliphatic heterocycles. The summed E-state index contributed by atoms with van der Waals surface area (Å²) in [7, 11) is 0. The highest BCUT2D eigenvalue weighted by molar-refractivity contribution is 9.10. The summed E-state index contributed by atoms with van der Waals surface area (Å²) < 4.78 is 31.4. The highest BCUT2D eigenvalue weighted by Gasteiger charge is 2.11. The lowest BCUT2D eigenvalue weighted by Gasteiger charge is -2.08. The van der Waals surface area contributed by atoms with E-state index in [4.69, 9.17) is 4.74 Å². The van der Waals surface area contributed by atoms with Crippen LogP contribution < -0.4 is 5.32 Å². The van der Waals surface area contributed by atoms with Gasteiger partial charge in [0.25, 0.3) is 0 Å². The van der Waals surface area contributed by atoms with E-state index in [1.165, 1.54) is 0 Å². The standard InChI is InChI=1S/C14H10BrF2NO2/c15-10-6-13(12(17)7-11(10)16)18-14(19)20-8-9-4-2-1-3-5-9/h1-7H,8H2,(H,18,19). The first-order valence-corrected chi connectivity index (χ1v) is 6.48. The normalized spacial score (nSPS) is 10.2. The smallest absolute Gasteiger partial charge is 0.412 e. The molecule has 0 spiro atoms. The summed E-state index contributed by atoms with van der Waals surface area (Å²) in [5.74, 6) is -1.62. The van der Waals surface area contributed by atoms with E-state index in [2.05, 4.69) is 21.2 Å². The third-order valence-electron chi connectivity index (χ3n) is 2.46. The Bertz CT molecular complexity index is 620. The fourth-order valence-electron chi connectivity index (χ4n) is 1.49. The molecule has 0 heterocycles. The van der Waals surface area contributed by atoms with E-state index in [-0.39, 0.29) is 16.8 Å². The average molecular weight is 342 g/mol. The third kappa shape index (κ3) is 3.77. The van der Waals surface area contributed by atoms with E-state index in [1.807, 2.05) is 18.2 Å². The first-order chi connectivity index (χ1) is 9.56. The number of carbonyl (C=O) groups excluding carboxylic acids is 1. The summed E-state index contributed by atoms with van der Waals surface area (Å²) in [5.41, 5.74) is 0.653. The monoisotopic (exact) mass is 341 g/mol. The molecule has 0 bridgehead atoms. The molecule has 0 saturated heterocycles. The van der Waals surface area contributed by atoms with Gasteiger partial charge in [-0.3, -0.25) is 5.32 Å². The van der Waals surface area contributed by atoms with Gasteiger partial charge in [-0.15, -0.1) is 0 Å². The Morgan fingerprint density at radius 1 is 1.15 bits per heavy atom. The molecular formula is C14H10BrF2NO2. The summed E-state index contributed by atoms with van der Waals surface area (Å²) >= 11 is 2.91. The lowest BCUT2D eigenvalue weighted by atomic mass is 10.2. The quantitative estimate of drug-likeness (QED) is 0.836. The Hall–Kier alpha value is -1.95. The molecule has 0 fully saturated rings. The van der Waals surface area contributed by atoms with Gasteiger partial charge in [-0.2, -0.15) is 0 Å². The van der Waals surface area contributed by atoms with Crippen LogP contribution in [-0.4, -0.2) is 6.09 Å². The van der Waals surface area contributed by atoms with Crippen LogP contribution in [0.5, 0.6) is 0 Å². The molecule has 20 heavy (non-hydrogen) atoms. The molecule has 0 aliphatic rings. The SMILES string of the molecule is O=C(Nc1cc(Br)c(F)cc1F)OCc1ccccc1. The molecule has 3 nitrogen and oxygen atoms in total. The van der Waals surface area contributed by atoms with Crippen LogP contribution in [-0.2, 0) is 11.3 Å². The van der Waals surface area contributed by atoms with E-state index in [9.17, 15) is 13.6 Å². The minimum atomic E-state index is -0.873. The fraction of sp³-hybridized carbons (Fsp3) is 0.0714. The van der Waals surface area contributed by atoms with Gasteiger partial charge in [0.2, 0.25) is 0 Å². The highest BCUT2D eigenvalue weighted by atomic mass is 79.9. The molecule has 2 aromatic carbocycles. The fourth-order valence-corrected chi connectivity index (χ4v) is 1.83. The molecule has 1 amide bonds. The van der Waals surface area contributed by atoms with Gasteiger partial charge in [0.1, 0.15) is 18.2 Å². The van der Waals surface area contributed by atoms with Gasteiger partial charge in [-0.1, -0.05) is 30.3 Å². The van der Waals surface area contributed by atoms with Crippen molar-refractivity contribution in [3.05, 3.63) is 64.1 Å². The van der Waals surface area contributed by atoms with E-state index in [0.29, 0.717) is 6.07 Å². The summed E-state index contributed by atoms with van der Waals surface area (Å²) in [6.45, 7) is 0.0661. The molecule has 6 heteroatoms. The lowest BCUT2D eigenvalue weighted by Crippen LogP contribution is -2.14.